The molecular weight excluding hydrogens is 356 g/mol. The van der Waals surface area contributed by atoms with Gasteiger partial charge in [0.25, 0.3) is 6.47 Å². The molecule has 28 heavy (non-hydrogen) atoms. The van der Waals surface area contributed by atoms with Crippen LogP contribution in [-0.2, 0) is 14.3 Å². The fourth-order valence-electron chi connectivity index (χ4n) is 4.56. The van der Waals surface area contributed by atoms with Crippen LogP contribution in [0.15, 0.2) is 0 Å². The summed E-state index contributed by atoms with van der Waals surface area (Å²) in [7, 11) is 0. The van der Waals surface area contributed by atoms with Gasteiger partial charge in [-0.2, -0.15) is 0 Å². The normalized spacial score (nSPS) is 19.8. The summed E-state index contributed by atoms with van der Waals surface area (Å²) < 4.78 is 4.83. The molecule has 2 fully saturated rings. The lowest BCUT2D eigenvalue weighted by Gasteiger charge is -2.15. The maximum absolute atomic E-state index is 10.7. The van der Waals surface area contributed by atoms with E-state index in [1.807, 2.05) is 0 Å². The van der Waals surface area contributed by atoms with Crippen LogP contribution < -0.4 is 0 Å². The number of rotatable bonds is 19. The van der Waals surface area contributed by atoms with E-state index in [2.05, 4.69) is 0 Å². The number of ether oxygens (including phenoxy) is 1. The first kappa shape index (κ1) is 23.2. The molecule has 0 aromatic rings. The van der Waals surface area contributed by atoms with Gasteiger partial charge in [0, 0.05) is 6.42 Å². The number of carbonyl (C=O) groups excluding carboxylic acids is 1. The summed E-state index contributed by atoms with van der Waals surface area (Å²) in [5.41, 5.74) is 0.792. The first-order valence-electron chi connectivity index (χ1n) is 11.4. The van der Waals surface area contributed by atoms with Crippen LogP contribution in [0.1, 0.15) is 109 Å². The highest BCUT2D eigenvalue weighted by atomic mass is 16.5. The van der Waals surface area contributed by atoms with E-state index < -0.39 is 5.97 Å². The third-order valence-electron chi connectivity index (χ3n) is 7.09. The minimum atomic E-state index is -0.673. The monoisotopic (exact) mass is 396 g/mol. The fraction of sp³-hybridized carbons (Fsp3) is 0.913. The zero-order chi connectivity index (χ0) is 20.3. The quantitative estimate of drug-likeness (QED) is 0.230. The van der Waals surface area contributed by atoms with Gasteiger partial charge in [-0.3, -0.25) is 9.59 Å². The Kier molecular flexibility index (Phi) is 9.76. The molecule has 0 aliphatic heterocycles. The van der Waals surface area contributed by atoms with Gasteiger partial charge in [-0.25, -0.2) is 0 Å². The minimum absolute atomic E-state index is 0.169. The van der Waals surface area contributed by atoms with E-state index in [-0.39, 0.29) is 6.10 Å². The van der Waals surface area contributed by atoms with Crippen LogP contribution in [0.3, 0.4) is 0 Å². The molecule has 2 saturated carbocycles. The van der Waals surface area contributed by atoms with Crippen LogP contribution in [0.5, 0.6) is 0 Å². The van der Waals surface area contributed by atoms with Crippen molar-refractivity contribution >= 4 is 12.4 Å². The van der Waals surface area contributed by atoms with Crippen molar-refractivity contribution in [2.45, 2.75) is 115 Å². The fourth-order valence-corrected chi connectivity index (χ4v) is 4.56. The lowest BCUT2D eigenvalue weighted by Crippen LogP contribution is -2.08. The topological polar surface area (TPSA) is 83.8 Å². The van der Waals surface area contributed by atoms with Crippen molar-refractivity contribution in [1.29, 1.82) is 0 Å². The predicted molar refractivity (Wildman–Crippen MR) is 109 cm³/mol. The molecule has 5 nitrogen and oxygen atoms in total. The number of carboxylic acid groups (broad SMARTS) is 1. The van der Waals surface area contributed by atoms with E-state index in [0.29, 0.717) is 30.3 Å². The van der Waals surface area contributed by atoms with Crippen molar-refractivity contribution in [3.8, 4) is 0 Å². The molecule has 0 amide bonds. The lowest BCUT2D eigenvalue weighted by atomic mass is 9.92. The molecule has 5 heteroatoms. The molecule has 2 aliphatic carbocycles. The van der Waals surface area contributed by atoms with E-state index >= 15 is 0 Å². The van der Waals surface area contributed by atoms with E-state index in [1.165, 1.54) is 51.4 Å². The van der Waals surface area contributed by atoms with E-state index in [9.17, 15) is 14.7 Å². The summed E-state index contributed by atoms with van der Waals surface area (Å²) in [6.45, 7) is 1.10. The Morgan fingerprint density at radius 3 is 1.86 bits per heavy atom. The highest BCUT2D eigenvalue weighted by Crippen LogP contribution is 2.54. The Morgan fingerprint density at radius 2 is 1.39 bits per heavy atom. The Labute approximate surface area is 170 Å². The summed E-state index contributed by atoms with van der Waals surface area (Å²) >= 11 is 0. The highest BCUT2D eigenvalue weighted by Gasteiger charge is 2.42. The lowest BCUT2D eigenvalue weighted by molar-refractivity contribution is -0.137. The standard InChI is InChI=1S/C23H40O5/c24-19-28-18-17-23(15-16-23)11-6-2-4-8-20(25)7-3-1-5-10-22(13-14-22)12-9-21(26)27/h19-20,25H,1-18H2,(H,26,27). The summed E-state index contributed by atoms with van der Waals surface area (Å²) in [5, 5.41) is 19.0. The zero-order valence-electron chi connectivity index (χ0n) is 17.5. The number of hydrogen-bond acceptors (Lipinski definition) is 4. The Hall–Kier alpha value is -1.10. The molecule has 0 bridgehead atoms. The number of hydrogen-bond donors (Lipinski definition) is 2. The van der Waals surface area contributed by atoms with Gasteiger partial charge in [-0.05, 0) is 75.0 Å². The molecule has 0 saturated heterocycles. The van der Waals surface area contributed by atoms with Crippen LogP contribution >= 0.6 is 0 Å². The van der Waals surface area contributed by atoms with Crippen LogP contribution in [0, 0.1) is 10.8 Å². The van der Waals surface area contributed by atoms with Gasteiger partial charge in [0.15, 0.2) is 0 Å². The molecule has 2 aliphatic rings. The van der Waals surface area contributed by atoms with Gasteiger partial charge in [-0.15, -0.1) is 0 Å². The third kappa shape index (κ3) is 9.40. The van der Waals surface area contributed by atoms with Gasteiger partial charge < -0.3 is 14.9 Å². The maximum Gasteiger partial charge on any atom is 0.303 e. The molecule has 0 aromatic carbocycles. The van der Waals surface area contributed by atoms with E-state index in [1.54, 1.807) is 0 Å². The minimum Gasteiger partial charge on any atom is -0.481 e. The molecular formula is C23H40O5. The molecule has 1 unspecified atom stereocenters. The van der Waals surface area contributed by atoms with Gasteiger partial charge in [0.05, 0.1) is 12.7 Å². The number of aliphatic hydroxyl groups is 1. The molecule has 1 atom stereocenters. The second-order valence-electron chi connectivity index (χ2n) is 9.46. The van der Waals surface area contributed by atoms with Gasteiger partial charge in [0.1, 0.15) is 0 Å². The van der Waals surface area contributed by atoms with Crippen LogP contribution in [-0.4, -0.2) is 35.4 Å². The zero-order valence-corrected chi connectivity index (χ0v) is 17.5. The average Bonchev–Trinajstić information content (AvgIpc) is 3.58. The van der Waals surface area contributed by atoms with E-state index in [0.717, 1.165) is 51.4 Å². The van der Waals surface area contributed by atoms with Gasteiger partial charge >= 0.3 is 5.97 Å². The summed E-state index contributed by atoms with van der Waals surface area (Å²) in [6, 6.07) is 0. The molecule has 162 valence electrons. The number of unbranched alkanes of at least 4 members (excludes halogenated alkanes) is 4. The second-order valence-corrected chi connectivity index (χ2v) is 9.46. The second kappa shape index (κ2) is 11.8. The Morgan fingerprint density at radius 1 is 0.857 bits per heavy atom. The van der Waals surface area contributed by atoms with Gasteiger partial charge in [-0.1, -0.05) is 38.5 Å². The number of aliphatic hydroxyl groups excluding tert-OH is 1. The SMILES string of the molecule is O=COCCC1(CCCCCC(O)CCCCCC2(CCC(=O)O)CC2)CC1. The average molecular weight is 397 g/mol. The van der Waals surface area contributed by atoms with Crippen LogP contribution in [0.4, 0.5) is 0 Å². The Balaban J connectivity index is 1.39. The molecule has 0 heterocycles. The molecule has 2 N–H and O–H groups in total. The van der Waals surface area contributed by atoms with E-state index in [4.69, 9.17) is 9.84 Å². The summed E-state index contributed by atoms with van der Waals surface area (Å²) in [6.07, 6.45) is 18.0. The van der Waals surface area contributed by atoms with Crippen molar-refractivity contribution in [3.63, 3.8) is 0 Å². The number of carbonyl (C=O) groups is 2. The molecule has 2 rings (SSSR count). The largest absolute Gasteiger partial charge is 0.481 e. The first-order valence-corrected chi connectivity index (χ1v) is 11.4. The van der Waals surface area contributed by atoms with Crippen molar-refractivity contribution in [1.82, 2.24) is 0 Å². The first-order chi connectivity index (χ1) is 13.5. The van der Waals surface area contributed by atoms with Crippen molar-refractivity contribution in [3.05, 3.63) is 0 Å². The predicted octanol–water partition coefficient (Wildman–Crippen LogP) is 5.24. The summed E-state index contributed by atoms with van der Waals surface area (Å²) in [4.78, 5) is 20.9. The molecule has 0 aromatic heterocycles. The van der Waals surface area contributed by atoms with Crippen LogP contribution in [0.2, 0.25) is 0 Å². The maximum atomic E-state index is 10.7. The van der Waals surface area contributed by atoms with Gasteiger partial charge in [0.2, 0.25) is 0 Å². The van der Waals surface area contributed by atoms with Crippen molar-refractivity contribution in [2.24, 2.45) is 10.8 Å². The smallest absolute Gasteiger partial charge is 0.303 e. The third-order valence-corrected chi connectivity index (χ3v) is 7.09. The van der Waals surface area contributed by atoms with Crippen molar-refractivity contribution in [2.75, 3.05) is 6.61 Å². The van der Waals surface area contributed by atoms with Crippen LogP contribution in [0.25, 0.3) is 0 Å². The molecule has 0 radical (unpaired) electrons. The Bertz CT molecular complexity index is 468. The van der Waals surface area contributed by atoms with Crippen molar-refractivity contribution < 1.29 is 24.5 Å². The highest BCUT2D eigenvalue weighted by molar-refractivity contribution is 5.66. The number of aliphatic carboxylic acids is 1. The summed E-state index contributed by atoms with van der Waals surface area (Å²) in [5.74, 6) is -0.673. The number of carboxylic acids is 1. The molecule has 0 spiro atoms.